The SMILES string of the molecule is O=C(NCc1noc(C2CC2)n1)C1=NN(c2ccccc2)C(C(=O)O)C1. The lowest BCUT2D eigenvalue weighted by molar-refractivity contribution is -0.138. The van der Waals surface area contributed by atoms with Crippen LogP contribution in [0.2, 0.25) is 0 Å². The van der Waals surface area contributed by atoms with E-state index in [0.29, 0.717) is 23.3 Å². The van der Waals surface area contributed by atoms with E-state index in [1.807, 2.05) is 6.07 Å². The molecule has 134 valence electrons. The number of carboxylic acids is 1. The van der Waals surface area contributed by atoms with Crippen LogP contribution in [-0.2, 0) is 16.1 Å². The van der Waals surface area contributed by atoms with E-state index in [1.54, 1.807) is 24.3 Å². The standard InChI is InChI=1S/C17H17N5O4/c23-15(18-9-14-19-16(26-21-14)10-6-7-10)12-8-13(17(24)25)22(20-12)11-4-2-1-3-5-11/h1-5,10,13H,6-9H2,(H,18,23)(H,24,25). The molecule has 1 aromatic heterocycles. The number of aromatic nitrogens is 2. The first-order valence-corrected chi connectivity index (χ1v) is 8.37. The van der Waals surface area contributed by atoms with Crippen LogP contribution >= 0.6 is 0 Å². The fourth-order valence-corrected chi connectivity index (χ4v) is 2.76. The Morgan fingerprint density at radius 1 is 1.27 bits per heavy atom. The highest BCUT2D eigenvalue weighted by Crippen LogP contribution is 2.38. The monoisotopic (exact) mass is 355 g/mol. The van der Waals surface area contributed by atoms with Gasteiger partial charge in [0, 0.05) is 12.3 Å². The predicted octanol–water partition coefficient (Wildman–Crippen LogP) is 1.28. The number of carboxylic acid groups (broad SMARTS) is 1. The Kier molecular flexibility index (Phi) is 4.11. The summed E-state index contributed by atoms with van der Waals surface area (Å²) >= 11 is 0. The summed E-state index contributed by atoms with van der Waals surface area (Å²) in [4.78, 5) is 28.1. The van der Waals surface area contributed by atoms with Gasteiger partial charge in [0.25, 0.3) is 5.91 Å². The van der Waals surface area contributed by atoms with Crippen LogP contribution < -0.4 is 10.3 Å². The third-order valence-electron chi connectivity index (χ3n) is 4.30. The van der Waals surface area contributed by atoms with E-state index in [4.69, 9.17) is 4.52 Å². The molecule has 1 fully saturated rings. The minimum absolute atomic E-state index is 0.0234. The zero-order valence-electron chi connectivity index (χ0n) is 13.8. The maximum atomic E-state index is 12.4. The third-order valence-corrected chi connectivity index (χ3v) is 4.30. The summed E-state index contributed by atoms with van der Waals surface area (Å²) in [5, 5.41) is 21.5. The molecular formula is C17H17N5O4. The van der Waals surface area contributed by atoms with Gasteiger partial charge in [-0.05, 0) is 25.0 Å². The van der Waals surface area contributed by atoms with Crippen molar-refractivity contribution in [3.63, 3.8) is 0 Å². The summed E-state index contributed by atoms with van der Waals surface area (Å²) < 4.78 is 5.14. The molecule has 1 aromatic carbocycles. The number of rotatable bonds is 6. The number of hydrazone groups is 1. The molecule has 1 unspecified atom stereocenters. The molecule has 1 aliphatic heterocycles. The zero-order chi connectivity index (χ0) is 18.1. The Balaban J connectivity index is 1.43. The fourth-order valence-electron chi connectivity index (χ4n) is 2.76. The van der Waals surface area contributed by atoms with Crippen molar-refractivity contribution in [3.8, 4) is 0 Å². The van der Waals surface area contributed by atoms with Gasteiger partial charge >= 0.3 is 5.97 Å². The number of anilines is 1. The Bertz CT molecular complexity index is 859. The largest absolute Gasteiger partial charge is 0.480 e. The van der Waals surface area contributed by atoms with Crippen LogP contribution in [0, 0.1) is 0 Å². The minimum atomic E-state index is -1.03. The topological polar surface area (TPSA) is 121 Å². The highest BCUT2D eigenvalue weighted by molar-refractivity contribution is 6.40. The zero-order valence-corrected chi connectivity index (χ0v) is 13.8. The summed E-state index contributed by atoms with van der Waals surface area (Å²) in [6, 6.07) is 7.99. The first kappa shape index (κ1) is 16.2. The van der Waals surface area contributed by atoms with Crippen molar-refractivity contribution in [2.24, 2.45) is 5.10 Å². The smallest absolute Gasteiger partial charge is 0.328 e. The van der Waals surface area contributed by atoms with E-state index in [0.717, 1.165) is 12.8 Å². The normalized spacial score (nSPS) is 19.3. The third kappa shape index (κ3) is 3.28. The second-order valence-electron chi connectivity index (χ2n) is 6.29. The van der Waals surface area contributed by atoms with Gasteiger partial charge < -0.3 is 14.9 Å². The van der Waals surface area contributed by atoms with Crippen LogP contribution in [0.4, 0.5) is 5.69 Å². The van der Waals surface area contributed by atoms with Gasteiger partial charge in [-0.25, -0.2) is 4.79 Å². The van der Waals surface area contributed by atoms with Gasteiger partial charge in [-0.1, -0.05) is 23.4 Å². The number of para-hydroxylation sites is 1. The van der Waals surface area contributed by atoms with Crippen LogP contribution in [0.5, 0.6) is 0 Å². The summed E-state index contributed by atoms with van der Waals surface area (Å²) in [6.07, 6.45) is 2.13. The van der Waals surface area contributed by atoms with Crippen molar-refractivity contribution in [2.45, 2.75) is 37.8 Å². The number of nitrogens with zero attached hydrogens (tertiary/aromatic N) is 4. The number of benzene rings is 1. The lowest BCUT2D eigenvalue weighted by Gasteiger charge is -2.19. The Labute approximate surface area is 148 Å². The Morgan fingerprint density at radius 3 is 2.73 bits per heavy atom. The number of carbonyl (C=O) groups is 2. The lowest BCUT2D eigenvalue weighted by Crippen LogP contribution is -2.35. The van der Waals surface area contributed by atoms with Gasteiger partial charge in [-0.15, -0.1) is 0 Å². The van der Waals surface area contributed by atoms with Crippen molar-refractivity contribution in [1.82, 2.24) is 15.5 Å². The molecule has 2 aromatic rings. The molecule has 9 heteroatoms. The van der Waals surface area contributed by atoms with Crippen molar-refractivity contribution < 1.29 is 19.2 Å². The average Bonchev–Trinajstić information content (AvgIpc) is 3.22. The Hall–Kier alpha value is -3.23. The molecule has 0 radical (unpaired) electrons. The molecule has 26 heavy (non-hydrogen) atoms. The molecule has 1 atom stereocenters. The molecule has 1 amide bonds. The number of amides is 1. The molecule has 9 nitrogen and oxygen atoms in total. The quantitative estimate of drug-likeness (QED) is 0.800. The number of aliphatic carboxylic acids is 1. The molecule has 0 spiro atoms. The number of hydrogen-bond acceptors (Lipinski definition) is 7. The predicted molar refractivity (Wildman–Crippen MR) is 90.5 cm³/mol. The highest BCUT2D eigenvalue weighted by Gasteiger charge is 2.36. The van der Waals surface area contributed by atoms with Crippen LogP contribution in [0.25, 0.3) is 0 Å². The number of hydrogen-bond donors (Lipinski definition) is 2. The van der Waals surface area contributed by atoms with Gasteiger partial charge in [0.2, 0.25) is 5.89 Å². The van der Waals surface area contributed by atoms with Crippen LogP contribution in [0.3, 0.4) is 0 Å². The van der Waals surface area contributed by atoms with E-state index >= 15 is 0 Å². The van der Waals surface area contributed by atoms with Crippen LogP contribution in [0.15, 0.2) is 40.0 Å². The van der Waals surface area contributed by atoms with Gasteiger partial charge in [0.05, 0.1) is 12.2 Å². The van der Waals surface area contributed by atoms with Crippen molar-refractivity contribution in [1.29, 1.82) is 0 Å². The molecule has 2 N–H and O–H groups in total. The van der Waals surface area contributed by atoms with E-state index in [2.05, 4.69) is 20.6 Å². The summed E-state index contributed by atoms with van der Waals surface area (Å²) in [5.41, 5.74) is 0.780. The number of carbonyl (C=O) groups excluding carboxylic acids is 1. The molecular weight excluding hydrogens is 338 g/mol. The summed E-state index contributed by atoms with van der Waals surface area (Å²) in [5.74, 6) is -0.121. The Morgan fingerprint density at radius 2 is 2.04 bits per heavy atom. The van der Waals surface area contributed by atoms with Gasteiger partial charge in [-0.2, -0.15) is 10.1 Å². The molecule has 0 saturated heterocycles. The summed E-state index contributed by atoms with van der Waals surface area (Å²) in [6.45, 7) is 0.108. The van der Waals surface area contributed by atoms with Crippen molar-refractivity contribution in [2.75, 3.05) is 5.01 Å². The van der Waals surface area contributed by atoms with Gasteiger partial charge in [-0.3, -0.25) is 9.80 Å². The average molecular weight is 355 g/mol. The van der Waals surface area contributed by atoms with E-state index in [1.165, 1.54) is 5.01 Å². The van der Waals surface area contributed by atoms with Gasteiger partial charge in [0.15, 0.2) is 11.9 Å². The second kappa shape index (κ2) is 6.58. The molecule has 1 saturated carbocycles. The van der Waals surface area contributed by atoms with E-state index in [9.17, 15) is 14.7 Å². The minimum Gasteiger partial charge on any atom is -0.480 e. The highest BCUT2D eigenvalue weighted by atomic mass is 16.5. The lowest BCUT2D eigenvalue weighted by atomic mass is 10.1. The number of nitrogens with one attached hydrogen (secondary N) is 1. The van der Waals surface area contributed by atoms with Crippen LogP contribution in [-0.4, -0.2) is 38.9 Å². The second-order valence-corrected chi connectivity index (χ2v) is 6.29. The van der Waals surface area contributed by atoms with E-state index < -0.39 is 17.9 Å². The first-order valence-electron chi connectivity index (χ1n) is 8.37. The molecule has 0 bridgehead atoms. The molecule has 2 heterocycles. The fraction of sp³-hybridized carbons (Fsp3) is 0.353. The van der Waals surface area contributed by atoms with Gasteiger partial charge in [0.1, 0.15) is 5.71 Å². The first-order chi connectivity index (χ1) is 12.6. The van der Waals surface area contributed by atoms with Crippen molar-refractivity contribution in [3.05, 3.63) is 42.0 Å². The van der Waals surface area contributed by atoms with Crippen LogP contribution in [0.1, 0.15) is 36.9 Å². The molecule has 1 aliphatic carbocycles. The molecule has 4 rings (SSSR count). The maximum absolute atomic E-state index is 12.4. The van der Waals surface area contributed by atoms with Crippen molar-refractivity contribution >= 4 is 23.3 Å². The maximum Gasteiger partial charge on any atom is 0.328 e. The molecule has 2 aliphatic rings. The summed E-state index contributed by atoms with van der Waals surface area (Å²) in [7, 11) is 0. The van der Waals surface area contributed by atoms with E-state index in [-0.39, 0.29) is 18.7 Å².